The molecule has 0 saturated heterocycles. The lowest BCUT2D eigenvalue weighted by molar-refractivity contribution is -0.118. The van der Waals surface area contributed by atoms with Crippen LogP contribution in [0.4, 0.5) is 0 Å². The van der Waals surface area contributed by atoms with Crippen LogP contribution in [0.15, 0.2) is 29.2 Å². The van der Waals surface area contributed by atoms with Gasteiger partial charge in [0.05, 0.1) is 13.2 Å². The van der Waals surface area contributed by atoms with Gasteiger partial charge < -0.3 is 16.2 Å². The molecule has 0 aliphatic heterocycles. The molecule has 0 heterocycles. The second kappa shape index (κ2) is 5.63. The number of carbonyl (C=O) groups is 1. The van der Waals surface area contributed by atoms with Crippen molar-refractivity contribution in [1.82, 2.24) is 0 Å². The highest BCUT2D eigenvalue weighted by Gasteiger charge is 2.09. The molecule has 0 aromatic heterocycles. The van der Waals surface area contributed by atoms with Crippen LogP contribution in [-0.4, -0.2) is 24.8 Å². The molecule has 0 spiro atoms. The molecule has 1 amide bonds. The Labute approximate surface area is 93.0 Å². The van der Waals surface area contributed by atoms with E-state index in [4.69, 9.17) is 16.2 Å². The summed E-state index contributed by atoms with van der Waals surface area (Å²) in [5.74, 6) is 0.778. The number of methoxy groups -OCH3 is 1. The summed E-state index contributed by atoms with van der Waals surface area (Å²) in [6, 6.07) is 6.95. The van der Waals surface area contributed by atoms with Crippen LogP contribution in [0.3, 0.4) is 0 Å². The maximum atomic E-state index is 10.7. The molecule has 15 heavy (non-hydrogen) atoms. The molecule has 82 valence electrons. The van der Waals surface area contributed by atoms with Crippen LogP contribution < -0.4 is 16.2 Å². The summed E-state index contributed by atoms with van der Waals surface area (Å²) >= 11 is 1.48. The molecule has 4 nitrogen and oxygen atoms in total. The van der Waals surface area contributed by atoms with Gasteiger partial charge >= 0.3 is 0 Å². The molecule has 0 saturated carbocycles. The number of nitrogens with two attached hydrogens (primary N) is 2. The molecule has 1 unspecified atom stereocenters. The summed E-state index contributed by atoms with van der Waals surface area (Å²) in [5, 5.41) is 0. The fraction of sp³-hybridized carbons (Fsp3) is 0.300. The number of benzene rings is 1. The van der Waals surface area contributed by atoms with E-state index in [1.165, 1.54) is 11.8 Å². The Hall–Kier alpha value is -1.20. The summed E-state index contributed by atoms with van der Waals surface area (Å²) in [6.07, 6.45) is 0. The highest BCUT2D eigenvalue weighted by molar-refractivity contribution is 7.99. The molecule has 1 aromatic rings. The van der Waals surface area contributed by atoms with Crippen molar-refractivity contribution in [2.24, 2.45) is 11.5 Å². The van der Waals surface area contributed by atoms with Crippen molar-refractivity contribution in [2.75, 3.05) is 12.9 Å². The van der Waals surface area contributed by atoms with Gasteiger partial charge in [0.15, 0.2) is 0 Å². The number of hydrogen-bond donors (Lipinski definition) is 2. The van der Waals surface area contributed by atoms with E-state index in [1.807, 2.05) is 24.3 Å². The number of hydrogen-bond acceptors (Lipinski definition) is 4. The van der Waals surface area contributed by atoms with Crippen LogP contribution in [0.5, 0.6) is 5.75 Å². The predicted molar refractivity (Wildman–Crippen MR) is 60.9 cm³/mol. The number of amides is 1. The van der Waals surface area contributed by atoms with Gasteiger partial charge in [0.2, 0.25) is 5.91 Å². The Kier molecular flexibility index (Phi) is 4.45. The Bertz CT molecular complexity index is 344. The topological polar surface area (TPSA) is 78.3 Å². The van der Waals surface area contributed by atoms with E-state index in [0.717, 1.165) is 10.6 Å². The van der Waals surface area contributed by atoms with Gasteiger partial charge in [0.25, 0.3) is 0 Å². The third-order valence-electron chi connectivity index (χ3n) is 1.84. The Balaban J connectivity index is 2.53. The van der Waals surface area contributed by atoms with E-state index >= 15 is 0 Å². The Morgan fingerprint density at radius 3 is 2.93 bits per heavy atom. The minimum atomic E-state index is -0.610. The quantitative estimate of drug-likeness (QED) is 0.721. The van der Waals surface area contributed by atoms with Crippen molar-refractivity contribution in [1.29, 1.82) is 0 Å². The molecule has 1 aromatic carbocycles. The average molecular weight is 226 g/mol. The molecule has 1 rings (SSSR count). The first-order valence-corrected chi connectivity index (χ1v) is 5.44. The monoisotopic (exact) mass is 226 g/mol. The van der Waals surface area contributed by atoms with Crippen LogP contribution in [0.1, 0.15) is 0 Å². The van der Waals surface area contributed by atoms with Crippen LogP contribution in [0, 0.1) is 0 Å². The summed E-state index contributed by atoms with van der Waals surface area (Å²) in [5.41, 5.74) is 10.6. The maximum absolute atomic E-state index is 10.7. The van der Waals surface area contributed by atoms with Crippen molar-refractivity contribution in [3.63, 3.8) is 0 Å². The molecular weight excluding hydrogens is 212 g/mol. The van der Waals surface area contributed by atoms with Crippen LogP contribution in [-0.2, 0) is 4.79 Å². The van der Waals surface area contributed by atoms with Crippen LogP contribution in [0.2, 0.25) is 0 Å². The number of primary amides is 1. The molecule has 0 radical (unpaired) electrons. The van der Waals surface area contributed by atoms with Crippen molar-refractivity contribution >= 4 is 17.7 Å². The maximum Gasteiger partial charge on any atom is 0.235 e. The van der Waals surface area contributed by atoms with Crippen molar-refractivity contribution in [2.45, 2.75) is 10.9 Å². The summed E-state index contributed by atoms with van der Waals surface area (Å²) in [4.78, 5) is 11.7. The highest BCUT2D eigenvalue weighted by atomic mass is 32.2. The molecular formula is C10H14N2O2S. The van der Waals surface area contributed by atoms with Crippen molar-refractivity contribution in [3.8, 4) is 5.75 Å². The first-order chi connectivity index (χ1) is 7.13. The minimum absolute atomic E-state index is 0.475. The fourth-order valence-corrected chi connectivity index (χ4v) is 1.87. The molecule has 0 aliphatic carbocycles. The summed E-state index contributed by atoms with van der Waals surface area (Å²) in [7, 11) is 1.61. The zero-order chi connectivity index (χ0) is 11.3. The van der Waals surface area contributed by atoms with Gasteiger partial charge in [0, 0.05) is 10.6 Å². The van der Waals surface area contributed by atoms with Crippen molar-refractivity contribution < 1.29 is 9.53 Å². The van der Waals surface area contributed by atoms with Gasteiger partial charge in [-0.3, -0.25) is 4.79 Å². The summed E-state index contributed by atoms with van der Waals surface area (Å²) < 4.78 is 5.07. The Morgan fingerprint density at radius 2 is 2.33 bits per heavy atom. The summed E-state index contributed by atoms with van der Waals surface area (Å²) in [6.45, 7) is 0. The number of carbonyl (C=O) groups excluding carboxylic acids is 1. The van der Waals surface area contributed by atoms with Crippen molar-refractivity contribution in [3.05, 3.63) is 24.3 Å². The zero-order valence-electron chi connectivity index (χ0n) is 8.47. The second-order valence-electron chi connectivity index (χ2n) is 3.00. The third kappa shape index (κ3) is 3.81. The molecule has 1 atom stereocenters. The molecule has 0 fully saturated rings. The Morgan fingerprint density at radius 1 is 1.60 bits per heavy atom. The van der Waals surface area contributed by atoms with E-state index in [2.05, 4.69) is 0 Å². The highest BCUT2D eigenvalue weighted by Crippen LogP contribution is 2.22. The van der Waals surface area contributed by atoms with Gasteiger partial charge in [-0.25, -0.2) is 0 Å². The number of rotatable bonds is 5. The van der Waals surface area contributed by atoms with Crippen LogP contribution in [0.25, 0.3) is 0 Å². The van der Waals surface area contributed by atoms with Gasteiger partial charge in [-0.2, -0.15) is 0 Å². The van der Waals surface area contributed by atoms with E-state index < -0.39 is 11.9 Å². The molecule has 5 heteroatoms. The first-order valence-electron chi connectivity index (χ1n) is 4.45. The fourth-order valence-electron chi connectivity index (χ4n) is 0.959. The van der Waals surface area contributed by atoms with Gasteiger partial charge in [-0.1, -0.05) is 6.07 Å². The SMILES string of the molecule is COc1cccc(SCC(N)C(N)=O)c1. The lowest BCUT2D eigenvalue weighted by Gasteiger charge is -2.07. The van der Waals surface area contributed by atoms with Crippen LogP contribution >= 0.6 is 11.8 Å². The van der Waals surface area contributed by atoms with E-state index in [0.29, 0.717) is 5.75 Å². The first kappa shape index (κ1) is 11.9. The average Bonchev–Trinajstić information content (AvgIpc) is 2.26. The van der Waals surface area contributed by atoms with E-state index in [-0.39, 0.29) is 0 Å². The normalized spacial score (nSPS) is 12.1. The molecule has 4 N–H and O–H groups in total. The van der Waals surface area contributed by atoms with E-state index in [1.54, 1.807) is 7.11 Å². The number of thioether (sulfide) groups is 1. The van der Waals surface area contributed by atoms with Gasteiger partial charge in [-0.05, 0) is 18.2 Å². The lowest BCUT2D eigenvalue weighted by Crippen LogP contribution is -2.38. The smallest absolute Gasteiger partial charge is 0.235 e. The zero-order valence-corrected chi connectivity index (χ0v) is 9.29. The second-order valence-corrected chi connectivity index (χ2v) is 4.09. The molecule has 0 aliphatic rings. The van der Waals surface area contributed by atoms with E-state index in [9.17, 15) is 4.79 Å². The number of ether oxygens (including phenoxy) is 1. The standard InChI is InChI=1S/C10H14N2O2S/c1-14-7-3-2-4-8(5-7)15-6-9(11)10(12)13/h2-5,9H,6,11H2,1H3,(H2,12,13). The van der Waals surface area contributed by atoms with Gasteiger partial charge in [0.1, 0.15) is 5.75 Å². The predicted octanol–water partition coefficient (Wildman–Crippen LogP) is 0.600. The molecule has 0 bridgehead atoms. The lowest BCUT2D eigenvalue weighted by atomic mass is 10.3. The van der Waals surface area contributed by atoms with Gasteiger partial charge in [-0.15, -0.1) is 11.8 Å². The third-order valence-corrected chi connectivity index (χ3v) is 2.95. The minimum Gasteiger partial charge on any atom is -0.497 e. The largest absolute Gasteiger partial charge is 0.497 e.